The van der Waals surface area contributed by atoms with Crippen molar-refractivity contribution in [1.82, 2.24) is 0 Å². The minimum atomic E-state index is -0.180. The molecule has 3 unspecified atom stereocenters. The highest BCUT2D eigenvalue weighted by Crippen LogP contribution is 2.70. The Hall–Kier alpha value is -4.50. The number of benzene rings is 3. The fourth-order valence-corrected chi connectivity index (χ4v) is 8.51. The highest BCUT2D eigenvalue weighted by atomic mass is 16.3. The van der Waals surface area contributed by atoms with Crippen LogP contribution in [0.15, 0.2) is 107 Å². The lowest BCUT2D eigenvalue weighted by atomic mass is 9.92. The molecule has 0 bridgehead atoms. The summed E-state index contributed by atoms with van der Waals surface area (Å²) in [5, 5.41) is 2.44. The van der Waals surface area contributed by atoms with E-state index in [1.54, 1.807) is 0 Å². The Kier molecular flexibility index (Phi) is 3.44. The van der Waals surface area contributed by atoms with Gasteiger partial charge in [0.15, 0.2) is 12.4 Å². The molecule has 3 nitrogen and oxygen atoms in total. The van der Waals surface area contributed by atoms with Gasteiger partial charge in [0.1, 0.15) is 17.1 Å². The number of hydrogen-bond donors (Lipinski definition) is 0. The van der Waals surface area contributed by atoms with Crippen LogP contribution in [-0.2, 0) is 12.0 Å². The van der Waals surface area contributed by atoms with Crippen molar-refractivity contribution in [3.8, 4) is 22.5 Å². The van der Waals surface area contributed by atoms with Crippen LogP contribution in [0.3, 0.4) is 0 Å². The molecule has 2 aliphatic heterocycles. The topological polar surface area (TPSA) is 20.9 Å². The first-order chi connectivity index (χ1) is 19.2. The van der Waals surface area contributed by atoms with Crippen molar-refractivity contribution >= 4 is 27.5 Å². The van der Waals surface area contributed by atoms with E-state index in [1.807, 2.05) is 0 Å². The number of rotatable bonds is 0. The van der Waals surface area contributed by atoms with E-state index in [-0.39, 0.29) is 5.54 Å². The Bertz CT molecular complexity index is 2090. The summed E-state index contributed by atoms with van der Waals surface area (Å²) in [5.41, 5.74) is 15.4. The van der Waals surface area contributed by atoms with Gasteiger partial charge >= 0.3 is 0 Å². The summed E-state index contributed by atoms with van der Waals surface area (Å²) in [6.07, 6.45) is 5.59. The van der Waals surface area contributed by atoms with Gasteiger partial charge in [0.25, 0.3) is 5.54 Å². The van der Waals surface area contributed by atoms with Crippen molar-refractivity contribution < 1.29 is 13.6 Å². The van der Waals surface area contributed by atoms with Crippen molar-refractivity contribution in [2.75, 3.05) is 0 Å². The fourth-order valence-electron chi connectivity index (χ4n) is 8.51. The van der Waals surface area contributed by atoms with Crippen molar-refractivity contribution in [2.45, 2.75) is 37.8 Å². The Morgan fingerprint density at radius 1 is 0.744 bits per heavy atom. The quantitative estimate of drug-likeness (QED) is 0.200. The predicted octanol–water partition coefficient (Wildman–Crippen LogP) is 7.25. The first kappa shape index (κ1) is 20.5. The zero-order valence-corrected chi connectivity index (χ0v) is 21.9. The number of allylic oxidation sites excluding steroid dienone is 2. The summed E-state index contributed by atoms with van der Waals surface area (Å²) >= 11 is 0. The molecule has 184 valence electrons. The summed E-state index contributed by atoms with van der Waals surface area (Å²) in [4.78, 5) is 0. The summed E-state index contributed by atoms with van der Waals surface area (Å²) in [7, 11) is 0. The van der Waals surface area contributed by atoms with Gasteiger partial charge in [-0.15, -0.1) is 0 Å². The zero-order chi connectivity index (χ0) is 25.6. The summed E-state index contributed by atoms with van der Waals surface area (Å²) in [6.45, 7) is 4.50. The molecule has 1 spiro atoms. The predicted molar refractivity (Wildman–Crippen MR) is 152 cm³/mol. The minimum absolute atomic E-state index is 0.180. The van der Waals surface area contributed by atoms with Crippen LogP contribution in [0, 0.1) is 0 Å². The molecule has 3 aromatic carbocycles. The molecule has 1 saturated carbocycles. The Balaban J connectivity index is 1.32. The van der Waals surface area contributed by atoms with Gasteiger partial charge in [0, 0.05) is 46.2 Å². The first-order valence-electron chi connectivity index (χ1n) is 14.0. The van der Waals surface area contributed by atoms with Crippen LogP contribution in [0.5, 0.6) is 0 Å². The third kappa shape index (κ3) is 2.14. The minimum Gasteiger partial charge on any atom is -0.454 e. The van der Waals surface area contributed by atoms with Gasteiger partial charge in [0.2, 0.25) is 17.4 Å². The maximum Gasteiger partial charge on any atom is 0.269 e. The van der Waals surface area contributed by atoms with Crippen molar-refractivity contribution in [1.29, 1.82) is 0 Å². The smallest absolute Gasteiger partial charge is 0.269 e. The molecule has 0 radical (unpaired) electrons. The SMILES string of the molecule is CC1=C(C)c2c(ccc3c2oc2c4c(ccc23)C2(C3c5ccccc5-c5cccc[n+]5C32)[n+]2ccccc2-4)C1. The fraction of sp³-hybridized carbons (Fsp3) is 0.167. The Labute approximate surface area is 226 Å². The molecule has 0 N–H and O–H groups in total. The third-order valence-corrected chi connectivity index (χ3v) is 10.2. The first-order valence-corrected chi connectivity index (χ1v) is 14.0. The zero-order valence-electron chi connectivity index (χ0n) is 21.9. The molecule has 0 amide bonds. The molecule has 10 rings (SSSR count). The number of hydrogen-bond acceptors (Lipinski definition) is 1. The summed E-state index contributed by atoms with van der Waals surface area (Å²) in [5.74, 6) is 0.361. The van der Waals surface area contributed by atoms with Gasteiger partial charge < -0.3 is 4.42 Å². The second kappa shape index (κ2) is 6.55. The molecule has 6 aromatic rings. The largest absolute Gasteiger partial charge is 0.454 e. The second-order valence-electron chi connectivity index (χ2n) is 11.8. The van der Waals surface area contributed by atoms with E-state index >= 15 is 0 Å². The number of pyridine rings is 2. The second-order valence-corrected chi connectivity index (χ2v) is 11.8. The maximum atomic E-state index is 6.97. The van der Waals surface area contributed by atoms with Gasteiger partial charge in [-0.05, 0) is 61.2 Å². The van der Waals surface area contributed by atoms with E-state index in [9.17, 15) is 0 Å². The standard InChI is InChI=1S/C36H26N2O/c1-20-19-22-13-14-25-26-15-16-27-31(34(26)39-33(25)30(22)21(20)2)29-12-6-8-18-38(29)36(27)32-24-10-4-3-9-23(24)28-11-5-7-17-37(28)35(32)36/h3-18,32,35H,19H2,1-2H3/q+2. The van der Waals surface area contributed by atoms with Gasteiger partial charge in [-0.3, -0.25) is 0 Å². The molecule has 3 aromatic heterocycles. The number of fused-ring (bicyclic) bond motifs is 19. The number of aromatic nitrogens is 2. The number of furan rings is 1. The maximum absolute atomic E-state index is 6.97. The van der Waals surface area contributed by atoms with Crippen LogP contribution in [0.1, 0.15) is 48.1 Å². The average Bonchev–Trinajstić information content (AvgIpc) is 3.21. The van der Waals surface area contributed by atoms with Crippen molar-refractivity contribution in [2.24, 2.45) is 0 Å². The summed E-state index contributed by atoms with van der Waals surface area (Å²) < 4.78 is 12.1. The van der Waals surface area contributed by atoms with Crippen LogP contribution < -0.4 is 9.13 Å². The molecule has 3 heteroatoms. The van der Waals surface area contributed by atoms with E-state index in [0.29, 0.717) is 12.0 Å². The lowest BCUT2D eigenvalue weighted by Crippen LogP contribution is -2.50. The molecular formula is C36H26N2O+2. The molecule has 0 saturated heterocycles. The van der Waals surface area contributed by atoms with E-state index in [0.717, 1.165) is 17.6 Å². The molecule has 2 aliphatic carbocycles. The van der Waals surface area contributed by atoms with Crippen LogP contribution in [0.4, 0.5) is 0 Å². The molecule has 39 heavy (non-hydrogen) atoms. The summed E-state index contributed by atoms with van der Waals surface area (Å²) in [6, 6.07) is 31.9. The Morgan fingerprint density at radius 3 is 2.38 bits per heavy atom. The van der Waals surface area contributed by atoms with Crippen LogP contribution in [0.25, 0.3) is 50.0 Å². The van der Waals surface area contributed by atoms with Crippen LogP contribution in [0.2, 0.25) is 0 Å². The monoisotopic (exact) mass is 502 g/mol. The normalized spacial score (nSPS) is 23.0. The molecular weight excluding hydrogens is 476 g/mol. The highest BCUT2D eigenvalue weighted by Gasteiger charge is 2.86. The Morgan fingerprint density at radius 2 is 1.49 bits per heavy atom. The van der Waals surface area contributed by atoms with Crippen LogP contribution >= 0.6 is 0 Å². The van der Waals surface area contributed by atoms with Crippen molar-refractivity contribution in [3.05, 3.63) is 125 Å². The molecule has 4 aliphatic rings. The van der Waals surface area contributed by atoms with Gasteiger partial charge in [0.05, 0.1) is 11.1 Å². The van der Waals surface area contributed by atoms with Gasteiger partial charge in [-0.1, -0.05) is 42.0 Å². The average molecular weight is 503 g/mol. The lowest BCUT2D eigenvalue weighted by molar-refractivity contribution is -0.772. The van der Waals surface area contributed by atoms with E-state index < -0.39 is 0 Å². The van der Waals surface area contributed by atoms with E-state index in [4.69, 9.17) is 4.42 Å². The van der Waals surface area contributed by atoms with E-state index in [2.05, 4.69) is 120 Å². The van der Waals surface area contributed by atoms with Gasteiger partial charge in [-0.2, -0.15) is 9.13 Å². The third-order valence-electron chi connectivity index (χ3n) is 10.2. The lowest BCUT2D eigenvalue weighted by Gasteiger charge is -2.11. The van der Waals surface area contributed by atoms with Gasteiger partial charge in [-0.25, -0.2) is 0 Å². The van der Waals surface area contributed by atoms with Crippen LogP contribution in [-0.4, -0.2) is 0 Å². The van der Waals surface area contributed by atoms with E-state index in [1.165, 1.54) is 66.7 Å². The van der Waals surface area contributed by atoms with Crippen molar-refractivity contribution in [3.63, 3.8) is 0 Å². The molecule has 3 atom stereocenters. The number of nitrogens with zero attached hydrogens (tertiary/aromatic N) is 2. The highest BCUT2D eigenvalue weighted by molar-refractivity contribution is 6.13. The molecule has 1 fully saturated rings. The molecule has 5 heterocycles.